The zero-order valence-corrected chi connectivity index (χ0v) is 14.6. The van der Waals surface area contributed by atoms with Crippen LogP contribution in [0.3, 0.4) is 0 Å². The standard InChI is InChI=1S/C17H21ClO2S/c1-17(2,3)15-9-8-14(21-15)16(18)12-10-11(19-4)6-7-13(12)20-5/h6-10,16H,1-5H3. The van der Waals surface area contributed by atoms with Crippen molar-refractivity contribution in [1.82, 2.24) is 0 Å². The van der Waals surface area contributed by atoms with Crippen molar-refractivity contribution in [3.63, 3.8) is 0 Å². The van der Waals surface area contributed by atoms with Gasteiger partial charge in [0.25, 0.3) is 0 Å². The Morgan fingerprint density at radius 3 is 2.29 bits per heavy atom. The molecular weight excluding hydrogens is 304 g/mol. The molecule has 114 valence electrons. The Balaban J connectivity index is 2.39. The molecule has 21 heavy (non-hydrogen) atoms. The van der Waals surface area contributed by atoms with Crippen LogP contribution in [0.25, 0.3) is 0 Å². The topological polar surface area (TPSA) is 18.5 Å². The van der Waals surface area contributed by atoms with Crippen molar-refractivity contribution < 1.29 is 9.47 Å². The van der Waals surface area contributed by atoms with E-state index in [-0.39, 0.29) is 10.8 Å². The third-order valence-electron chi connectivity index (χ3n) is 3.33. The summed E-state index contributed by atoms with van der Waals surface area (Å²) in [4.78, 5) is 2.44. The minimum atomic E-state index is -0.240. The Morgan fingerprint density at radius 2 is 1.76 bits per heavy atom. The van der Waals surface area contributed by atoms with E-state index < -0.39 is 0 Å². The molecule has 1 atom stereocenters. The van der Waals surface area contributed by atoms with Gasteiger partial charge < -0.3 is 9.47 Å². The molecule has 0 aliphatic rings. The monoisotopic (exact) mass is 324 g/mol. The van der Waals surface area contributed by atoms with E-state index >= 15 is 0 Å². The van der Waals surface area contributed by atoms with E-state index in [1.165, 1.54) is 4.88 Å². The predicted octanol–water partition coefficient (Wildman–Crippen LogP) is 5.39. The van der Waals surface area contributed by atoms with Gasteiger partial charge in [-0.2, -0.15) is 0 Å². The van der Waals surface area contributed by atoms with E-state index in [0.29, 0.717) is 0 Å². The van der Waals surface area contributed by atoms with Gasteiger partial charge in [-0.15, -0.1) is 22.9 Å². The van der Waals surface area contributed by atoms with Crippen molar-refractivity contribution in [3.8, 4) is 11.5 Å². The highest BCUT2D eigenvalue weighted by molar-refractivity contribution is 7.12. The first-order valence-electron chi connectivity index (χ1n) is 6.83. The zero-order valence-electron chi connectivity index (χ0n) is 13.1. The first-order chi connectivity index (χ1) is 9.86. The number of ether oxygens (including phenoxy) is 2. The number of hydrogen-bond acceptors (Lipinski definition) is 3. The van der Waals surface area contributed by atoms with Gasteiger partial charge in [0, 0.05) is 15.3 Å². The van der Waals surface area contributed by atoms with E-state index in [1.54, 1.807) is 25.6 Å². The lowest BCUT2D eigenvalue weighted by Gasteiger charge is -2.16. The lowest BCUT2D eigenvalue weighted by Crippen LogP contribution is -2.07. The van der Waals surface area contributed by atoms with Crippen LogP contribution in [-0.4, -0.2) is 14.2 Å². The molecule has 1 aromatic heterocycles. The minimum Gasteiger partial charge on any atom is -0.497 e. The molecule has 0 amide bonds. The fourth-order valence-electron chi connectivity index (χ4n) is 2.08. The third-order valence-corrected chi connectivity index (χ3v) is 5.50. The van der Waals surface area contributed by atoms with E-state index in [2.05, 4.69) is 32.9 Å². The number of methoxy groups -OCH3 is 2. The van der Waals surface area contributed by atoms with Gasteiger partial charge in [-0.1, -0.05) is 20.8 Å². The molecule has 0 saturated heterocycles. The van der Waals surface area contributed by atoms with Crippen LogP contribution in [0.15, 0.2) is 30.3 Å². The smallest absolute Gasteiger partial charge is 0.124 e. The van der Waals surface area contributed by atoms with Crippen LogP contribution in [0.1, 0.15) is 41.5 Å². The summed E-state index contributed by atoms with van der Waals surface area (Å²) < 4.78 is 10.7. The van der Waals surface area contributed by atoms with Crippen molar-refractivity contribution in [3.05, 3.63) is 45.6 Å². The van der Waals surface area contributed by atoms with E-state index in [0.717, 1.165) is 21.9 Å². The van der Waals surface area contributed by atoms with Crippen LogP contribution in [0, 0.1) is 0 Å². The Labute approximate surface area is 135 Å². The molecule has 0 aliphatic carbocycles. The summed E-state index contributed by atoms with van der Waals surface area (Å²) in [6.07, 6.45) is 0. The molecule has 0 saturated carbocycles. The van der Waals surface area contributed by atoms with Gasteiger partial charge in [-0.3, -0.25) is 0 Å². The van der Waals surface area contributed by atoms with Crippen molar-refractivity contribution in [2.75, 3.05) is 14.2 Å². The Morgan fingerprint density at radius 1 is 1.05 bits per heavy atom. The predicted molar refractivity (Wildman–Crippen MR) is 90.3 cm³/mol. The highest BCUT2D eigenvalue weighted by atomic mass is 35.5. The van der Waals surface area contributed by atoms with Gasteiger partial charge in [0.1, 0.15) is 11.5 Å². The molecule has 0 radical (unpaired) electrons. The lowest BCUT2D eigenvalue weighted by atomic mass is 9.95. The van der Waals surface area contributed by atoms with Crippen LogP contribution in [-0.2, 0) is 5.41 Å². The van der Waals surface area contributed by atoms with E-state index in [9.17, 15) is 0 Å². The highest BCUT2D eigenvalue weighted by Gasteiger charge is 2.22. The molecule has 1 heterocycles. The normalized spacial score (nSPS) is 13.0. The molecule has 0 fully saturated rings. The maximum atomic E-state index is 6.68. The Kier molecular flexibility index (Phi) is 4.84. The van der Waals surface area contributed by atoms with Crippen LogP contribution in [0.4, 0.5) is 0 Å². The molecule has 1 unspecified atom stereocenters. The van der Waals surface area contributed by atoms with Gasteiger partial charge in [-0.25, -0.2) is 0 Å². The van der Waals surface area contributed by atoms with Crippen LogP contribution in [0.5, 0.6) is 11.5 Å². The van der Waals surface area contributed by atoms with Crippen LogP contribution < -0.4 is 9.47 Å². The van der Waals surface area contributed by atoms with Crippen LogP contribution >= 0.6 is 22.9 Å². The number of halogens is 1. The molecule has 2 rings (SSSR count). The third kappa shape index (κ3) is 3.53. The first-order valence-corrected chi connectivity index (χ1v) is 8.08. The second-order valence-electron chi connectivity index (χ2n) is 5.92. The molecule has 0 bridgehead atoms. The van der Waals surface area contributed by atoms with Crippen molar-refractivity contribution in [2.24, 2.45) is 0 Å². The first kappa shape index (κ1) is 16.2. The largest absolute Gasteiger partial charge is 0.497 e. The summed E-state index contributed by atoms with van der Waals surface area (Å²) in [7, 11) is 3.31. The second kappa shape index (κ2) is 6.29. The number of alkyl halides is 1. The fraction of sp³-hybridized carbons (Fsp3) is 0.412. The van der Waals surface area contributed by atoms with Crippen molar-refractivity contribution >= 4 is 22.9 Å². The molecular formula is C17H21ClO2S. The SMILES string of the molecule is COc1ccc(OC)c(C(Cl)c2ccc(C(C)(C)C)s2)c1. The molecule has 2 aromatic rings. The number of hydrogen-bond donors (Lipinski definition) is 0. The summed E-state index contributed by atoms with van der Waals surface area (Å²) in [6.45, 7) is 6.62. The molecule has 0 spiro atoms. The van der Waals surface area contributed by atoms with Crippen molar-refractivity contribution in [2.45, 2.75) is 31.6 Å². The molecule has 0 aliphatic heterocycles. The van der Waals surface area contributed by atoms with Gasteiger partial charge >= 0.3 is 0 Å². The molecule has 1 aromatic carbocycles. The van der Waals surface area contributed by atoms with E-state index in [4.69, 9.17) is 21.1 Å². The summed E-state index contributed by atoms with van der Waals surface area (Å²) in [6, 6.07) is 9.96. The van der Waals surface area contributed by atoms with Gasteiger partial charge in [0.15, 0.2) is 0 Å². The molecule has 2 nitrogen and oxygen atoms in total. The second-order valence-corrected chi connectivity index (χ2v) is 7.47. The van der Waals surface area contributed by atoms with E-state index in [1.807, 2.05) is 18.2 Å². The average molecular weight is 325 g/mol. The highest BCUT2D eigenvalue weighted by Crippen LogP contribution is 2.41. The summed E-state index contributed by atoms with van der Waals surface area (Å²) in [5.41, 5.74) is 1.07. The number of thiophene rings is 1. The Hall–Kier alpha value is -1.19. The minimum absolute atomic E-state index is 0.137. The maximum absolute atomic E-state index is 6.68. The van der Waals surface area contributed by atoms with Crippen molar-refractivity contribution in [1.29, 1.82) is 0 Å². The van der Waals surface area contributed by atoms with Gasteiger partial charge in [0.05, 0.1) is 19.6 Å². The molecule has 0 N–H and O–H groups in total. The quantitative estimate of drug-likeness (QED) is 0.702. The zero-order chi connectivity index (χ0) is 15.6. The number of benzene rings is 1. The summed E-state index contributed by atoms with van der Waals surface area (Å²) in [5.74, 6) is 1.56. The van der Waals surface area contributed by atoms with Gasteiger partial charge in [0.2, 0.25) is 0 Å². The number of rotatable bonds is 4. The lowest BCUT2D eigenvalue weighted by molar-refractivity contribution is 0.399. The summed E-state index contributed by atoms with van der Waals surface area (Å²) >= 11 is 8.43. The Bertz CT molecular complexity index is 613. The fourth-order valence-corrected chi connectivity index (χ4v) is 3.52. The van der Waals surface area contributed by atoms with Crippen LogP contribution in [0.2, 0.25) is 0 Å². The molecule has 4 heteroatoms. The maximum Gasteiger partial charge on any atom is 0.124 e. The summed E-state index contributed by atoms with van der Waals surface area (Å²) in [5, 5.41) is -0.240. The average Bonchev–Trinajstić information content (AvgIpc) is 2.95. The van der Waals surface area contributed by atoms with Gasteiger partial charge in [-0.05, 0) is 35.7 Å².